The Hall–Kier alpha value is 0.830. The summed E-state index contributed by atoms with van der Waals surface area (Å²) >= 11 is 17.1. The minimum atomic E-state index is -1.08. The van der Waals surface area contributed by atoms with E-state index in [1.165, 1.54) is 0 Å². The van der Waals surface area contributed by atoms with Gasteiger partial charge in [-0.25, -0.2) is 0 Å². The first-order valence-corrected chi connectivity index (χ1v) is 6.70. The van der Waals surface area contributed by atoms with E-state index < -0.39 is 3.79 Å². The fourth-order valence-corrected chi connectivity index (χ4v) is 2.13. The van der Waals surface area contributed by atoms with Crippen molar-refractivity contribution in [1.29, 1.82) is 0 Å². The summed E-state index contributed by atoms with van der Waals surface area (Å²) in [5.74, 6) is 0. The summed E-state index contributed by atoms with van der Waals surface area (Å²) in [5, 5.41) is 0. The minimum Gasteiger partial charge on any atom is -0.299 e. The first-order valence-electron chi connectivity index (χ1n) is 5.56. The Balaban J connectivity index is 3.73. The Morgan fingerprint density at radius 3 is 1.73 bits per heavy atom. The molecule has 0 saturated carbocycles. The van der Waals surface area contributed by atoms with Crippen LogP contribution in [-0.4, -0.2) is 27.3 Å². The molecule has 1 nitrogen and oxygen atoms in total. The summed E-state index contributed by atoms with van der Waals surface area (Å²) < 4.78 is -1.08. The summed E-state index contributed by atoms with van der Waals surface area (Å²) in [7, 11) is 0. The lowest BCUT2D eigenvalue weighted by Crippen LogP contribution is -2.37. The van der Waals surface area contributed by atoms with Crippen molar-refractivity contribution in [3.63, 3.8) is 0 Å². The molecule has 0 aliphatic carbocycles. The predicted molar refractivity (Wildman–Crippen MR) is 71.1 cm³/mol. The third kappa shape index (κ3) is 8.62. The van der Waals surface area contributed by atoms with Gasteiger partial charge in [0.25, 0.3) is 0 Å². The van der Waals surface area contributed by atoms with Crippen molar-refractivity contribution in [3.8, 4) is 0 Å². The zero-order valence-corrected chi connectivity index (χ0v) is 12.3. The normalized spacial score (nSPS) is 13.2. The quantitative estimate of drug-likeness (QED) is 0.503. The average Bonchev–Trinajstić information content (AvgIpc) is 2.00. The standard InChI is InChI=1S/C11H22Cl3N/c1-9(2)15(10(3)4)8-6-5-7-11(12,13)14/h9-10H,5-8H2,1-4H3. The van der Waals surface area contributed by atoms with Crippen molar-refractivity contribution < 1.29 is 0 Å². The summed E-state index contributed by atoms with van der Waals surface area (Å²) in [6, 6.07) is 1.16. The molecule has 0 fully saturated rings. The highest BCUT2D eigenvalue weighted by molar-refractivity contribution is 6.67. The van der Waals surface area contributed by atoms with Crippen LogP contribution in [0.1, 0.15) is 47.0 Å². The van der Waals surface area contributed by atoms with Crippen molar-refractivity contribution in [3.05, 3.63) is 0 Å². The molecule has 0 aliphatic heterocycles. The third-order valence-electron chi connectivity index (χ3n) is 2.45. The second-order valence-corrected chi connectivity index (χ2v) is 7.01. The molecule has 0 amide bonds. The number of halogens is 3. The van der Waals surface area contributed by atoms with Crippen molar-refractivity contribution >= 4 is 34.8 Å². The summed E-state index contributed by atoms with van der Waals surface area (Å²) in [6.07, 6.45) is 2.69. The molecule has 0 heterocycles. The van der Waals surface area contributed by atoms with Gasteiger partial charge in [0, 0.05) is 12.1 Å². The molecule has 15 heavy (non-hydrogen) atoms. The van der Waals surface area contributed by atoms with E-state index in [-0.39, 0.29) is 0 Å². The minimum absolute atomic E-state index is 0.581. The molecule has 4 heteroatoms. The van der Waals surface area contributed by atoms with Crippen LogP contribution in [0.2, 0.25) is 0 Å². The van der Waals surface area contributed by atoms with Crippen LogP contribution < -0.4 is 0 Å². The molecule has 0 aromatic carbocycles. The molecular weight excluding hydrogens is 252 g/mol. The monoisotopic (exact) mass is 273 g/mol. The fourth-order valence-electron chi connectivity index (χ4n) is 1.73. The van der Waals surface area contributed by atoms with Gasteiger partial charge in [-0.1, -0.05) is 34.8 Å². The zero-order chi connectivity index (χ0) is 12.1. The number of rotatable bonds is 6. The lowest BCUT2D eigenvalue weighted by atomic mass is 10.2. The molecule has 0 aromatic heterocycles. The van der Waals surface area contributed by atoms with E-state index in [0.717, 1.165) is 19.4 Å². The average molecular weight is 275 g/mol. The third-order valence-corrected chi connectivity index (χ3v) is 3.02. The zero-order valence-electron chi connectivity index (χ0n) is 10.1. The van der Waals surface area contributed by atoms with Crippen LogP contribution in [0.15, 0.2) is 0 Å². The van der Waals surface area contributed by atoms with Crippen LogP contribution in [0, 0.1) is 0 Å². The molecule has 92 valence electrons. The van der Waals surface area contributed by atoms with Crippen molar-refractivity contribution in [1.82, 2.24) is 4.90 Å². The lowest BCUT2D eigenvalue weighted by Gasteiger charge is -2.30. The Kier molecular flexibility index (Phi) is 7.61. The number of alkyl halides is 3. The number of nitrogens with zero attached hydrogens (tertiary/aromatic N) is 1. The first kappa shape index (κ1) is 15.8. The summed E-state index contributed by atoms with van der Waals surface area (Å²) in [5.41, 5.74) is 0. The van der Waals surface area contributed by atoms with E-state index in [9.17, 15) is 0 Å². The maximum absolute atomic E-state index is 5.69. The molecule has 0 atom stereocenters. The van der Waals surface area contributed by atoms with Gasteiger partial charge in [-0.2, -0.15) is 0 Å². The smallest absolute Gasteiger partial charge is 0.190 e. The van der Waals surface area contributed by atoms with Gasteiger partial charge in [0.15, 0.2) is 3.79 Å². The molecule has 0 radical (unpaired) electrons. The van der Waals surface area contributed by atoms with Crippen LogP contribution in [-0.2, 0) is 0 Å². The van der Waals surface area contributed by atoms with Gasteiger partial charge in [0.05, 0.1) is 0 Å². The summed E-state index contributed by atoms with van der Waals surface area (Å²) in [4.78, 5) is 2.46. The van der Waals surface area contributed by atoms with Gasteiger partial charge in [-0.15, -0.1) is 0 Å². The maximum atomic E-state index is 5.69. The molecular formula is C11H22Cl3N. The topological polar surface area (TPSA) is 3.24 Å². The van der Waals surface area contributed by atoms with E-state index >= 15 is 0 Å². The van der Waals surface area contributed by atoms with Gasteiger partial charge in [-0.05, 0) is 53.5 Å². The summed E-state index contributed by atoms with van der Waals surface area (Å²) in [6.45, 7) is 9.95. The molecule has 0 rings (SSSR count). The van der Waals surface area contributed by atoms with E-state index in [1.807, 2.05) is 0 Å². The van der Waals surface area contributed by atoms with Crippen molar-refractivity contribution in [2.45, 2.75) is 62.8 Å². The lowest BCUT2D eigenvalue weighted by molar-refractivity contribution is 0.171. The van der Waals surface area contributed by atoms with Gasteiger partial charge >= 0.3 is 0 Å². The highest BCUT2D eigenvalue weighted by Crippen LogP contribution is 2.31. The number of unbranched alkanes of at least 4 members (excludes halogenated alkanes) is 1. The van der Waals surface area contributed by atoms with E-state index in [4.69, 9.17) is 34.8 Å². The van der Waals surface area contributed by atoms with E-state index in [0.29, 0.717) is 18.5 Å². The highest BCUT2D eigenvalue weighted by atomic mass is 35.6. The molecule has 0 saturated heterocycles. The first-order chi connectivity index (χ1) is 6.74. The van der Waals surface area contributed by atoms with E-state index in [1.54, 1.807) is 0 Å². The SMILES string of the molecule is CC(C)N(CCCCC(Cl)(Cl)Cl)C(C)C. The van der Waals surface area contributed by atoms with Crippen LogP contribution >= 0.6 is 34.8 Å². The van der Waals surface area contributed by atoms with Crippen LogP contribution in [0.5, 0.6) is 0 Å². The molecule has 0 bridgehead atoms. The molecule has 0 aliphatic rings. The molecule has 0 unspecified atom stereocenters. The molecule has 0 spiro atoms. The van der Waals surface area contributed by atoms with Crippen LogP contribution in [0.25, 0.3) is 0 Å². The van der Waals surface area contributed by atoms with Gasteiger partial charge < -0.3 is 0 Å². The number of hydrogen-bond acceptors (Lipinski definition) is 1. The van der Waals surface area contributed by atoms with Crippen molar-refractivity contribution in [2.75, 3.05) is 6.54 Å². The van der Waals surface area contributed by atoms with Crippen LogP contribution in [0.4, 0.5) is 0 Å². The Morgan fingerprint density at radius 2 is 1.40 bits per heavy atom. The fraction of sp³-hybridized carbons (Fsp3) is 1.00. The van der Waals surface area contributed by atoms with E-state index in [2.05, 4.69) is 32.6 Å². The van der Waals surface area contributed by atoms with Crippen molar-refractivity contribution in [2.24, 2.45) is 0 Å². The predicted octanol–water partition coefficient (Wildman–Crippen LogP) is 4.65. The van der Waals surface area contributed by atoms with Gasteiger partial charge in [0.2, 0.25) is 0 Å². The Bertz CT molecular complexity index is 156. The van der Waals surface area contributed by atoms with Gasteiger partial charge in [-0.3, -0.25) is 4.90 Å². The van der Waals surface area contributed by atoms with Gasteiger partial charge in [0.1, 0.15) is 0 Å². The maximum Gasteiger partial charge on any atom is 0.190 e. The Morgan fingerprint density at radius 1 is 0.933 bits per heavy atom. The van der Waals surface area contributed by atoms with Crippen LogP contribution in [0.3, 0.4) is 0 Å². The Labute approximate surface area is 109 Å². The second kappa shape index (κ2) is 7.21. The highest BCUT2D eigenvalue weighted by Gasteiger charge is 2.19. The second-order valence-electron chi connectivity index (χ2n) is 4.50. The molecule has 0 aromatic rings. The number of hydrogen-bond donors (Lipinski definition) is 0. The largest absolute Gasteiger partial charge is 0.299 e. The molecule has 0 N–H and O–H groups in total.